The molecule has 0 aliphatic carbocycles. The van der Waals surface area contributed by atoms with Crippen molar-refractivity contribution in [1.29, 1.82) is 0 Å². The minimum atomic E-state index is -0.448. The number of amides is 1. The Morgan fingerprint density at radius 1 is 1.16 bits per heavy atom. The van der Waals surface area contributed by atoms with Crippen molar-refractivity contribution >= 4 is 23.2 Å². The van der Waals surface area contributed by atoms with E-state index < -0.39 is 4.92 Å². The fraction of sp³-hybridized carbons (Fsp3) is 0.211. The smallest absolute Gasteiger partial charge is 0.270 e. The number of benzene rings is 2. The number of nitro benzene ring substituents is 1. The first-order chi connectivity index (χ1) is 12.0. The lowest BCUT2D eigenvalue weighted by Gasteiger charge is -2.12. The average molecular weight is 339 g/mol. The van der Waals surface area contributed by atoms with Gasteiger partial charge in [-0.05, 0) is 31.3 Å². The Morgan fingerprint density at radius 3 is 2.52 bits per heavy atom. The zero-order valence-corrected chi connectivity index (χ0v) is 14.3. The monoisotopic (exact) mass is 339 g/mol. The highest BCUT2D eigenvalue weighted by molar-refractivity contribution is 6.24. The van der Waals surface area contributed by atoms with Gasteiger partial charge in [0.15, 0.2) is 0 Å². The summed E-state index contributed by atoms with van der Waals surface area (Å²) in [6.45, 7) is 1.25. The van der Waals surface area contributed by atoms with Crippen molar-refractivity contribution in [2.75, 3.05) is 27.2 Å². The summed E-state index contributed by atoms with van der Waals surface area (Å²) in [4.78, 5) is 25.1. The van der Waals surface area contributed by atoms with Gasteiger partial charge in [-0.15, -0.1) is 0 Å². The molecule has 0 heterocycles. The lowest BCUT2D eigenvalue weighted by atomic mass is 10.0. The maximum atomic E-state index is 12.6. The molecular weight excluding hydrogens is 318 g/mol. The van der Waals surface area contributed by atoms with Crippen molar-refractivity contribution in [3.05, 3.63) is 75.8 Å². The van der Waals surface area contributed by atoms with E-state index in [1.165, 1.54) is 12.1 Å². The van der Waals surface area contributed by atoms with Gasteiger partial charge in [-0.25, -0.2) is 0 Å². The molecule has 0 aliphatic rings. The molecule has 0 saturated carbocycles. The van der Waals surface area contributed by atoms with E-state index in [-0.39, 0.29) is 11.6 Å². The Hall–Kier alpha value is -2.99. The van der Waals surface area contributed by atoms with Gasteiger partial charge >= 0.3 is 0 Å². The predicted molar refractivity (Wildman–Crippen MR) is 99.0 cm³/mol. The number of nitrogens with zero attached hydrogens (tertiary/aromatic N) is 2. The summed E-state index contributed by atoms with van der Waals surface area (Å²) >= 11 is 0. The van der Waals surface area contributed by atoms with Crippen LogP contribution in [0.2, 0.25) is 0 Å². The van der Waals surface area contributed by atoms with Gasteiger partial charge in [-0.3, -0.25) is 14.9 Å². The van der Waals surface area contributed by atoms with Crippen molar-refractivity contribution in [2.45, 2.75) is 0 Å². The Kier molecular flexibility index (Phi) is 6.42. The highest BCUT2D eigenvalue weighted by Crippen LogP contribution is 2.21. The molecule has 1 N–H and O–H groups in total. The highest BCUT2D eigenvalue weighted by atomic mass is 16.6. The zero-order valence-electron chi connectivity index (χ0n) is 14.3. The predicted octanol–water partition coefficient (Wildman–Crippen LogP) is 2.81. The van der Waals surface area contributed by atoms with E-state index in [1.807, 2.05) is 49.3 Å². The van der Waals surface area contributed by atoms with E-state index in [4.69, 9.17) is 0 Å². The van der Waals surface area contributed by atoms with E-state index in [2.05, 4.69) is 5.32 Å². The van der Waals surface area contributed by atoms with Gasteiger partial charge in [-0.1, -0.05) is 42.5 Å². The van der Waals surface area contributed by atoms with Crippen LogP contribution in [0, 0.1) is 10.1 Å². The average Bonchev–Trinajstić information content (AvgIpc) is 2.60. The summed E-state index contributed by atoms with van der Waals surface area (Å²) in [7, 11) is 3.87. The first kappa shape index (κ1) is 18.4. The van der Waals surface area contributed by atoms with Crippen LogP contribution in [0.5, 0.6) is 0 Å². The Morgan fingerprint density at radius 2 is 1.88 bits per heavy atom. The molecule has 0 aliphatic heterocycles. The molecule has 0 spiro atoms. The second-order valence-electron chi connectivity index (χ2n) is 5.84. The zero-order chi connectivity index (χ0) is 18.2. The van der Waals surface area contributed by atoms with E-state index in [0.717, 1.165) is 12.1 Å². The van der Waals surface area contributed by atoms with Crippen LogP contribution in [-0.4, -0.2) is 42.9 Å². The number of nitro groups is 1. The SMILES string of the molecule is CN(C)CCNC(=O)/C(=C/c1cccc([N+](=O)[O-])c1)c1ccccc1. The molecule has 130 valence electrons. The summed E-state index contributed by atoms with van der Waals surface area (Å²) < 4.78 is 0. The maximum Gasteiger partial charge on any atom is 0.270 e. The Balaban J connectivity index is 2.33. The summed E-state index contributed by atoms with van der Waals surface area (Å²) in [5, 5.41) is 13.8. The Labute approximate surface area is 146 Å². The molecule has 6 heteroatoms. The third kappa shape index (κ3) is 5.54. The second kappa shape index (κ2) is 8.75. The molecule has 0 aromatic heterocycles. The van der Waals surface area contributed by atoms with Crippen molar-refractivity contribution < 1.29 is 9.72 Å². The number of hydrogen-bond acceptors (Lipinski definition) is 4. The molecule has 2 aromatic rings. The van der Waals surface area contributed by atoms with Crippen LogP contribution in [-0.2, 0) is 4.79 Å². The molecule has 6 nitrogen and oxygen atoms in total. The first-order valence-corrected chi connectivity index (χ1v) is 7.92. The van der Waals surface area contributed by atoms with Gasteiger partial charge in [0.05, 0.1) is 4.92 Å². The fourth-order valence-corrected chi connectivity index (χ4v) is 2.28. The van der Waals surface area contributed by atoms with Gasteiger partial charge in [0.25, 0.3) is 11.6 Å². The van der Waals surface area contributed by atoms with E-state index >= 15 is 0 Å². The quantitative estimate of drug-likeness (QED) is 0.364. The topological polar surface area (TPSA) is 75.5 Å². The summed E-state index contributed by atoms with van der Waals surface area (Å²) in [5.41, 5.74) is 1.83. The lowest BCUT2D eigenvalue weighted by Crippen LogP contribution is -2.31. The Bertz CT molecular complexity index is 770. The van der Waals surface area contributed by atoms with Crippen LogP contribution < -0.4 is 5.32 Å². The van der Waals surface area contributed by atoms with E-state index in [9.17, 15) is 14.9 Å². The molecule has 0 radical (unpaired) electrons. The van der Waals surface area contributed by atoms with Crippen LogP contribution in [0.25, 0.3) is 11.6 Å². The van der Waals surface area contributed by atoms with Crippen molar-refractivity contribution in [3.8, 4) is 0 Å². The number of hydrogen-bond donors (Lipinski definition) is 1. The number of carbonyl (C=O) groups excluding carboxylic acids is 1. The molecule has 2 aromatic carbocycles. The summed E-state index contributed by atoms with van der Waals surface area (Å²) in [6.07, 6.45) is 1.67. The first-order valence-electron chi connectivity index (χ1n) is 7.92. The largest absolute Gasteiger partial charge is 0.351 e. The van der Waals surface area contributed by atoms with Gasteiger partial charge in [-0.2, -0.15) is 0 Å². The third-order valence-electron chi connectivity index (χ3n) is 3.57. The van der Waals surface area contributed by atoms with Crippen molar-refractivity contribution in [3.63, 3.8) is 0 Å². The van der Waals surface area contributed by atoms with Gasteiger partial charge in [0.2, 0.25) is 0 Å². The molecule has 0 bridgehead atoms. The molecule has 2 rings (SSSR count). The summed E-state index contributed by atoms with van der Waals surface area (Å²) in [6, 6.07) is 15.5. The van der Waals surface area contributed by atoms with Crippen LogP contribution >= 0.6 is 0 Å². The van der Waals surface area contributed by atoms with E-state index in [0.29, 0.717) is 17.7 Å². The standard InChI is InChI=1S/C19H21N3O3/c1-21(2)12-11-20-19(23)18(16-8-4-3-5-9-16)14-15-7-6-10-17(13-15)22(24)25/h3-10,13-14H,11-12H2,1-2H3,(H,20,23)/b18-14+. The van der Waals surface area contributed by atoms with Crippen molar-refractivity contribution in [2.24, 2.45) is 0 Å². The normalized spacial score (nSPS) is 11.4. The minimum absolute atomic E-state index is 0.00539. The van der Waals surface area contributed by atoms with Gasteiger partial charge in [0.1, 0.15) is 0 Å². The number of non-ortho nitro benzene ring substituents is 1. The minimum Gasteiger partial charge on any atom is -0.351 e. The number of rotatable bonds is 7. The van der Waals surface area contributed by atoms with Crippen LogP contribution in [0.15, 0.2) is 54.6 Å². The van der Waals surface area contributed by atoms with Crippen LogP contribution in [0.4, 0.5) is 5.69 Å². The second-order valence-corrected chi connectivity index (χ2v) is 5.84. The molecule has 0 unspecified atom stereocenters. The van der Waals surface area contributed by atoms with Crippen molar-refractivity contribution in [1.82, 2.24) is 10.2 Å². The van der Waals surface area contributed by atoms with Crippen LogP contribution in [0.1, 0.15) is 11.1 Å². The molecular formula is C19H21N3O3. The van der Waals surface area contributed by atoms with Gasteiger partial charge in [0, 0.05) is 30.8 Å². The number of nitrogens with one attached hydrogen (secondary N) is 1. The molecule has 0 saturated heterocycles. The highest BCUT2D eigenvalue weighted by Gasteiger charge is 2.13. The van der Waals surface area contributed by atoms with Gasteiger partial charge < -0.3 is 10.2 Å². The number of carbonyl (C=O) groups is 1. The number of likely N-dealkylation sites (N-methyl/N-ethyl adjacent to an activating group) is 1. The third-order valence-corrected chi connectivity index (χ3v) is 3.57. The molecule has 25 heavy (non-hydrogen) atoms. The maximum absolute atomic E-state index is 12.6. The molecule has 0 atom stereocenters. The molecule has 0 fully saturated rings. The lowest BCUT2D eigenvalue weighted by molar-refractivity contribution is -0.384. The van der Waals surface area contributed by atoms with E-state index in [1.54, 1.807) is 18.2 Å². The fourth-order valence-electron chi connectivity index (χ4n) is 2.28. The molecule has 1 amide bonds. The van der Waals surface area contributed by atoms with Crippen LogP contribution in [0.3, 0.4) is 0 Å². The summed E-state index contributed by atoms with van der Waals surface area (Å²) in [5.74, 6) is -0.209.